The number of amides is 1. The second-order valence-corrected chi connectivity index (χ2v) is 8.05. The Hall–Kier alpha value is -2.47. The minimum absolute atomic E-state index is 0.0703. The highest BCUT2D eigenvalue weighted by atomic mass is 32.1. The topological polar surface area (TPSA) is 59.8 Å². The second-order valence-electron chi connectivity index (χ2n) is 7.05. The van der Waals surface area contributed by atoms with E-state index in [4.69, 9.17) is 4.98 Å². The molecule has 4 rings (SSSR count). The van der Waals surface area contributed by atoms with Gasteiger partial charge < -0.3 is 9.88 Å². The minimum atomic E-state index is 0.0703. The number of imidazole rings is 1. The summed E-state index contributed by atoms with van der Waals surface area (Å²) in [6.07, 6.45) is 9.29. The Kier molecular flexibility index (Phi) is 5.34. The molecule has 0 saturated heterocycles. The third-order valence-corrected chi connectivity index (χ3v) is 6.09. The Morgan fingerprint density at radius 2 is 2.04 bits per heavy atom. The first-order valence-electron chi connectivity index (χ1n) is 9.61. The number of carbonyl (C=O) groups excluding carboxylic acids is 1. The van der Waals surface area contributed by atoms with Crippen molar-refractivity contribution in [2.24, 2.45) is 5.92 Å². The second kappa shape index (κ2) is 8.05. The van der Waals surface area contributed by atoms with E-state index in [0.29, 0.717) is 17.5 Å². The summed E-state index contributed by atoms with van der Waals surface area (Å²) in [5.74, 6) is 0.596. The molecule has 1 fully saturated rings. The average molecular weight is 381 g/mol. The molecule has 1 N–H and O–H groups in total. The number of anilines is 1. The summed E-state index contributed by atoms with van der Waals surface area (Å²) in [5.41, 5.74) is 2.80. The molecular weight excluding hydrogens is 356 g/mol. The molecule has 140 valence electrons. The quantitative estimate of drug-likeness (QED) is 0.638. The Morgan fingerprint density at radius 1 is 1.26 bits per heavy atom. The van der Waals surface area contributed by atoms with Gasteiger partial charge in [-0.05, 0) is 25.7 Å². The summed E-state index contributed by atoms with van der Waals surface area (Å²) in [6.45, 7) is 2.96. The summed E-state index contributed by atoms with van der Waals surface area (Å²) < 4.78 is 2.04. The third kappa shape index (κ3) is 4.11. The van der Waals surface area contributed by atoms with Crippen LogP contribution >= 0.6 is 11.3 Å². The molecule has 1 aliphatic carbocycles. The first-order valence-corrected chi connectivity index (χ1v) is 10.4. The molecule has 0 unspecified atom stereocenters. The molecule has 1 amide bonds. The molecule has 0 aliphatic heterocycles. The van der Waals surface area contributed by atoms with Crippen LogP contribution in [0.15, 0.2) is 42.9 Å². The van der Waals surface area contributed by atoms with Crippen molar-refractivity contribution in [1.82, 2.24) is 14.5 Å². The van der Waals surface area contributed by atoms with Crippen LogP contribution in [0.2, 0.25) is 0 Å². The van der Waals surface area contributed by atoms with Gasteiger partial charge in [-0.15, -0.1) is 0 Å². The van der Waals surface area contributed by atoms with Crippen LogP contribution in [0.3, 0.4) is 0 Å². The first-order chi connectivity index (χ1) is 13.2. The van der Waals surface area contributed by atoms with Gasteiger partial charge in [0.15, 0.2) is 5.13 Å². The lowest BCUT2D eigenvalue weighted by Crippen LogP contribution is -2.14. The zero-order valence-electron chi connectivity index (χ0n) is 15.5. The lowest BCUT2D eigenvalue weighted by Gasteiger charge is -2.07. The van der Waals surface area contributed by atoms with Gasteiger partial charge in [-0.3, -0.25) is 4.79 Å². The molecule has 0 spiro atoms. The van der Waals surface area contributed by atoms with E-state index in [-0.39, 0.29) is 5.91 Å². The molecule has 2 aromatic heterocycles. The van der Waals surface area contributed by atoms with E-state index in [9.17, 15) is 4.79 Å². The largest absolute Gasteiger partial charge is 0.337 e. The van der Waals surface area contributed by atoms with Crippen LogP contribution < -0.4 is 5.32 Å². The number of nitrogens with zero attached hydrogens (tertiary/aromatic N) is 3. The van der Waals surface area contributed by atoms with Gasteiger partial charge in [-0.1, -0.05) is 54.5 Å². The predicted octanol–water partition coefficient (Wildman–Crippen LogP) is 5.21. The van der Waals surface area contributed by atoms with Crippen LogP contribution in [0, 0.1) is 5.92 Å². The predicted molar refractivity (Wildman–Crippen MR) is 110 cm³/mol. The van der Waals surface area contributed by atoms with Gasteiger partial charge in [0.2, 0.25) is 5.91 Å². The maximum atomic E-state index is 12.4. The highest BCUT2D eigenvalue weighted by Crippen LogP contribution is 2.38. The molecule has 27 heavy (non-hydrogen) atoms. The van der Waals surface area contributed by atoms with Gasteiger partial charge in [0.1, 0.15) is 5.69 Å². The Bertz CT molecular complexity index is 909. The summed E-state index contributed by atoms with van der Waals surface area (Å²) >= 11 is 1.50. The van der Waals surface area contributed by atoms with Crippen molar-refractivity contribution in [2.75, 3.05) is 5.32 Å². The fraction of sp³-hybridized carbons (Fsp3) is 0.381. The van der Waals surface area contributed by atoms with E-state index < -0.39 is 0 Å². The molecular formula is C21H24N4OS. The van der Waals surface area contributed by atoms with Crippen molar-refractivity contribution in [3.63, 3.8) is 0 Å². The van der Waals surface area contributed by atoms with E-state index in [1.54, 1.807) is 0 Å². The van der Waals surface area contributed by atoms with Gasteiger partial charge in [0.05, 0.1) is 16.9 Å². The molecule has 6 heteroatoms. The van der Waals surface area contributed by atoms with Crippen molar-refractivity contribution in [2.45, 2.75) is 45.6 Å². The molecule has 2 heterocycles. The van der Waals surface area contributed by atoms with Crippen molar-refractivity contribution in [3.05, 3.63) is 42.9 Å². The van der Waals surface area contributed by atoms with Crippen LogP contribution in [0.5, 0.6) is 0 Å². The van der Waals surface area contributed by atoms with Gasteiger partial charge in [0, 0.05) is 24.7 Å². The standard InChI is InChI=1S/C21H24N4OS/c1-2-25-13-17(22-14-25)20-19(16-10-4-3-5-11-16)24-21(27-20)23-18(26)12-15-8-6-7-9-15/h3-5,10-11,13-15H,2,6-9,12H2,1H3,(H,23,24,26). The number of benzene rings is 1. The molecule has 0 radical (unpaired) electrons. The van der Waals surface area contributed by atoms with Crippen LogP contribution in [0.1, 0.15) is 39.0 Å². The average Bonchev–Trinajstić information content (AvgIpc) is 3.42. The normalized spacial score (nSPS) is 14.6. The smallest absolute Gasteiger partial charge is 0.226 e. The summed E-state index contributed by atoms with van der Waals surface area (Å²) in [6, 6.07) is 10.1. The van der Waals surface area contributed by atoms with E-state index in [2.05, 4.69) is 17.2 Å². The van der Waals surface area contributed by atoms with Gasteiger partial charge >= 0.3 is 0 Å². The van der Waals surface area contributed by atoms with E-state index in [0.717, 1.165) is 28.4 Å². The Morgan fingerprint density at radius 3 is 2.74 bits per heavy atom. The highest BCUT2D eigenvalue weighted by Gasteiger charge is 2.21. The van der Waals surface area contributed by atoms with E-state index in [1.165, 1.54) is 37.0 Å². The van der Waals surface area contributed by atoms with Gasteiger partial charge in [-0.25, -0.2) is 9.97 Å². The third-order valence-electron chi connectivity index (χ3n) is 5.10. The maximum absolute atomic E-state index is 12.4. The molecule has 5 nitrogen and oxygen atoms in total. The van der Waals surface area contributed by atoms with Crippen LogP contribution in [0.4, 0.5) is 5.13 Å². The summed E-state index contributed by atoms with van der Waals surface area (Å²) in [4.78, 5) is 22.7. The number of carbonyl (C=O) groups is 1. The van der Waals surface area contributed by atoms with Crippen molar-refractivity contribution in [1.29, 1.82) is 0 Å². The van der Waals surface area contributed by atoms with Crippen LogP contribution in [-0.2, 0) is 11.3 Å². The molecule has 1 aromatic carbocycles. The monoisotopic (exact) mass is 380 g/mol. The molecule has 0 atom stereocenters. The van der Waals surface area contributed by atoms with E-state index >= 15 is 0 Å². The first kappa shape index (κ1) is 17.9. The zero-order chi connectivity index (χ0) is 18.6. The molecule has 1 saturated carbocycles. The fourth-order valence-corrected chi connectivity index (χ4v) is 4.60. The number of hydrogen-bond donors (Lipinski definition) is 1. The van der Waals surface area contributed by atoms with Crippen LogP contribution in [-0.4, -0.2) is 20.4 Å². The van der Waals surface area contributed by atoms with Crippen molar-refractivity contribution in [3.8, 4) is 21.8 Å². The number of nitrogens with one attached hydrogen (secondary N) is 1. The molecule has 1 aliphatic rings. The SMILES string of the molecule is CCn1cnc(-c2sc(NC(=O)CC3CCCC3)nc2-c2ccccc2)c1. The number of rotatable bonds is 6. The van der Waals surface area contributed by atoms with Crippen molar-refractivity contribution < 1.29 is 4.79 Å². The summed E-state index contributed by atoms with van der Waals surface area (Å²) in [7, 11) is 0. The zero-order valence-corrected chi connectivity index (χ0v) is 16.3. The van der Waals surface area contributed by atoms with E-state index in [1.807, 2.05) is 47.4 Å². The van der Waals surface area contributed by atoms with Gasteiger partial charge in [0.25, 0.3) is 0 Å². The molecule has 3 aromatic rings. The summed E-state index contributed by atoms with van der Waals surface area (Å²) in [5, 5.41) is 3.67. The Balaban J connectivity index is 1.62. The van der Waals surface area contributed by atoms with Crippen LogP contribution in [0.25, 0.3) is 21.8 Å². The van der Waals surface area contributed by atoms with Gasteiger partial charge in [-0.2, -0.15) is 0 Å². The lowest BCUT2D eigenvalue weighted by atomic mass is 10.0. The Labute approximate surface area is 163 Å². The highest BCUT2D eigenvalue weighted by molar-refractivity contribution is 7.19. The fourth-order valence-electron chi connectivity index (χ4n) is 3.64. The number of hydrogen-bond acceptors (Lipinski definition) is 4. The maximum Gasteiger partial charge on any atom is 0.226 e. The lowest BCUT2D eigenvalue weighted by molar-refractivity contribution is -0.117. The number of aryl methyl sites for hydroxylation is 1. The number of aromatic nitrogens is 3. The van der Waals surface area contributed by atoms with Crippen molar-refractivity contribution >= 4 is 22.4 Å². The molecule has 0 bridgehead atoms. The number of thiazole rings is 1. The minimum Gasteiger partial charge on any atom is -0.337 e.